The maximum atomic E-state index is 13.4. The van der Waals surface area contributed by atoms with Crippen molar-refractivity contribution in [2.75, 3.05) is 6.61 Å². The first kappa shape index (κ1) is 20.3. The third kappa shape index (κ3) is 5.75. The number of carbonyl (C=O) groups is 2. The number of ketones is 1. The second-order valence-electron chi connectivity index (χ2n) is 6.71. The predicted octanol–water partition coefficient (Wildman–Crippen LogP) is 4.51. The summed E-state index contributed by atoms with van der Waals surface area (Å²) in [6.45, 7) is 1.05. The third-order valence-electron chi connectivity index (χ3n) is 4.50. The van der Waals surface area contributed by atoms with Crippen LogP contribution in [0.15, 0.2) is 78.9 Å². The van der Waals surface area contributed by atoms with Gasteiger partial charge in [-0.25, -0.2) is 4.39 Å². The van der Waals surface area contributed by atoms with Gasteiger partial charge >= 0.3 is 0 Å². The highest BCUT2D eigenvalue weighted by Gasteiger charge is 2.17. The van der Waals surface area contributed by atoms with Crippen molar-refractivity contribution in [2.24, 2.45) is 0 Å². The number of amides is 1. The zero-order valence-electron chi connectivity index (χ0n) is 16.1. The molecule has 1 amide bonds. The Labute approximate surface area is 169 Å². The van der Waals surface area contributed by atoms with Crippen LogP contribution in [-0.2, 0) is 11.2 Å². The van der Waals surface area contributed by atoms with Crippen LogP contribution in [-0.4, -0.2) is 18.3 Å². The molecule has 0 bridgehead atoms. The van der Waals surface area contributed by atoms with Crippen LogP contribution in [0.3, 0.4) is 0 Å². The van der Waals surface area contributed by atoms with Gasteiger partial charge in [-0.15, -0.1) is 0 Å². The van der Waals surface area contributed by atoms with Crippen LogP contribution in [0.1, 0.15) is 34.5 Å². The van der Waals surface area contributed by atoms with E-state index in [1.165, 1.54) is 19.1 Å². The second-order valence-corrected chi connectivity index (χ2v) is 6.71. The SMILES string of the molecule is CC(=O)c1cc(F)ccc1OCC(=O)NC(Cc1ccccc1)c1ccccc1. The third-order valence-corrected chi connectivity index (χ3v) is 4.50. The maximum Gasteiger partial charge on any atom is 0.258 e. The van der Waals surface area contributed by atoms with Gasteiger partial charge < -0.3 is 10.1 Å². The van der Waals surface area contributed by atoms with Gasteiger partial charge in [0.05, 0.1) is 11.6 Å². The van der Waals surface area contributed by atoms with Crippen LogP contribution in [0.5, 0.6) is 5.75 Å². The average molecular weight is 391 g/mol. The number of nitrogens with one attached hydrogen (secondary N) is 1. The number of hydrogen-bond donors (Lipinski definition) is 1. The van der Waals surface area contributed by atoms with E-state index in [-0.39, 0.29) is 35.7 Å². The molecule has 148 valence electrons. The van der Waals surface area contributed by atoms with Gasteiger partial charge in [0.25, 0.3) is 5.91 Å². The van der Waals surface area contributed by atoms with Gasteiger partial charge in [0, 0.05) is 0 Å². The fourth-order valence-electron chi connectivity index (χ4n) is 3.07. The zero-order valence-corrected chi connectivity index (χ0v) is 16.1. The summed E-state index contributed by atoms with van der Waals surface area (Å²) in [6.07, 6.45) is 0.631. The van der Waals surface area contributed by atoms with Gasteiger partial charge in [-0.1, -0.05) is 60.7 Å². The van der Waals surface area contributed by atoms with Crippen molar-refractivity contribution in [1.82, 2.24) is 5.32 Å². The minimum absolute atomic E-state index is 0.113. The molecule has 0 saturated heterocycles. The van der Waals surface area contributed by atoms with Gasteiger partial charge in [-0.3, -0.25) is 9.59 Å². The smallest absolute Gasteiger partial charge is 0.258 e. The first-order chi connectivity index (χ1) is 14.0. The molecule has 0 radical (unpaired) electrons. The Hall–Kier alpha value is -3.47. The van der Waals surface area contributed by atoms with Crippen molar-refractivity contribution in [2.45, 2.75) is 19.4 Å². The average Bonchev–Trinajstić information content (AvgIpc) is 2.73. The number of carbonyl (C=O) groups excluding carboxylic acids is 2. The molecule has 0 heterocycles. The fraction of sp³-hybridized carbons (Fsp3) is 0.167. The Kier molecular flexibility index (Phi) is 6.74. The van der Waals surface area contributed by atoms with E-state index in [0.29, 0.717) is 6.42 Å². The number of hydrogen-bond acceptors (Lipinski definition) is 3. The molecule has 29 heavy (non-hydrogen) atoms. The van der Waals surface area contributed by atoms with Gasteiger partial charge in [-0.2, -0.15) is 0 Å². The molecule has 1 N–H and O–H groups in total. The molecular formula is C24H22FNO3. The monoisotopic (exact) mass is 391 g/mol. The van der Waals surface area contributed by atoms with E-state index in [9.17, 15) is 14.0 Å². The van der Waals surface area contributed by atoms with Gasteiger partial charge in [-0.05, 0) is 42.7 Å². The lowest BCUT2D eigenvalue weighted by atomic mass is 9.99. The first-order valence-corrected chi connectivity index (χ1v) is 9.34. The van der Waals surface area contributed by atoms with Crippen LogP contribution in [0.25, 0.3) is 0 Å². The van der Waals surface area contributed by atoms with E-state index in [0.717, 1.165) is 17.2 Å². The van der Waals surface area contributed by atoms with Crippen molar-refractivity contribution in [3.05, 3.63) is 101 Å². The van der Waals surface area contributed by atoms with Crippen LogP contribution in [0.2, 0.25) is 0 Å². The second kappa shape index (κ2) is 9.64. The normalized spacial score (nSPS) is 11.5. The summed E-state index contributed by atoms with van der Waals surface area (Å²) in [6, 6.07) is 23.0. The lowest BCUT2D eigenvalue weighted by Crippen LogP contribution is -2.34. The molecule has 4 nitrogen and oxygen atoms in total. The molecule has 3 rings (SSSR count). The largest absolute Gasteiger partial charge is 0.483 e. The topological polar surface area (TPSA) is 55.4 Å². The van der Waals surface area contributed by atoms with E-state index in [1.54, 1.807) is 0 Å². The Morgan fingerprint density at radius 3 is 2.28 bits per heavy atom. The highest BCUT2D eigenvalue weighted by atomic mass is 19.1. The molecule has 0 aliphatic rings. The molecule has 1 atom stereocenters. The summed E-state index contributed by atoms with van der Waals surface area (Å²) in [4.78, 5) is 24.2. The summed E-state index contributed by atoms with van der Waals surface area (Å²) in [7, 11) is 0. The van der Waals surface area contributed by atoms with Crippen LogP contribution in [0, 0.1) is 5.82 Å². The molecule has 1 unspecified atom stereocenters. The van der Waals surface area contributed by atoms with Crippen molar-refractivity contribution >= 4 is 11.7 Å². The zero-order chi connectivity index (χ0) is 20.6. The van der Waals surface area contributed by atoms with Gasteiger partial charge in [0.15, 0.2) is 12.4 Å². The van der Waals surface area contributed by atoms with Crippen molar-refractivity contribution in [1.29, 1.82) is 0 Å². The number of rotatable bonds is 8. The molecule has 0 spiro atoms. The molecule has 3 aromatic rings. The summed E-state index contributed by atoms with van der Waals surface area (Å²) >= 11 is 0. The number of benzene rings is 3. The Balaban J connectivity index is 1.70. The molecule has 0 saturated carbocycles. The number of halogens is 1. The maximum absolute atomic E-state index is 13.4. The van der Waals surface area contributed by atoms with Crippen LogP contribution in [0.4, 0.5) is 4.39 Å². The summed E-state index contributed by atoms with van der Waals surface area (Å²) in [5.41, 5.74) is 2.19. The van der Waals surface area contributed by atoms with E-state index in [4.69, 9.17) is 4.74 Å². The highest BCUT2D eigenvalue weighted by molar-refractivity contribution is 5.96. The Morgan fingerprint density at radius 2 is 1.62 bits per heavy atom. The van der Waals surface area contributed by atoms with Crippen LogP contribution >= 0.6 is 0 Å². The molecule has 0 aromatic heterocycles. The van der Waals surface area contributed by atoms with Crippen molar-refractivity contribution in [3.8, 4) is 5.75 Å². The Bertz CT molecular complexity index is 974. The van der Waals surface area contributed by atoms with E-state index < -0.39 is 5.82 Å². The van der Waals surface area contributed by atoms with Crippen LogP contribution < -0.4 is 10.1 Å². The number of Topliss-reactive ketones (excluding diaryl/α,β-unsaturated/α-hetero) is 1. The summed E-state index contributed by atoms with van der Waals surface area (Å²) < 4.78 is 18.9. The first-order valence-electron chi connectivity index (χ1n) is 9.34. The molecule has 5 heteroatoms. The van der Waals surface area contributed by atoms with E-state index in [1.807, 2.05) is 60.7 Å². The minimum Gasteiger partial charge on any atom is -0.483 e. The lowest BCUT2D eigenvalue weighted by Gasteiger charge is -2.20. The molecule has 0 aliphatic carbocycles. The molecule has 3 aromatic carbocycles. The van der Waals surface area contributed by atoms with Crippen molar-refractivity contribution < 1.29 is 18.7 Å². The molecular weight excluding hydrogens is 369 g/mol. The quantitative estimate of drug-likeness (QED) is 0.575. The molecule has 0 fully saturated rings. The van der Waals surface area contributed by atoms with Gasteiger partial charge in [0.1, 0.15) is 11.6 Å². The highest BCUT2D eigenvalue weighted by Crippen LogP contribution is 2.21. The standard InChI is InChI=1S/C24H22FNO3/c1-17(27)21-15-20(25)12-13-23(21)29-16-24(28)26-22(19-10-6-3-7-11-19)14-18-8-4-2-5-9-18/h2-13,15,22H,14,16H2,1H3,(H,26,28). The summed E-state index contributed by atoms with van der Waals surface area (Å²) in [5.74, 6) is -0.993. The van der Waals surface area contributed by atoms with Gasteiger partial charge in [0.2, 0.25) is 0 Å². The van der Waals surface area contributed by atoms with E-state index in [2.05, 4.69) is 5.32 Å². The van der Waals surface area contributed by atoms with Crippen molar-refractivity contribution in [3.63, 3.8) is 0 Å². The number of ether oxygens (including phenoxy) is 1. The summed E-state index contributed by atoms with van der Waals surface area (Å²) in [5, 5.41) is 2.99. The molecule has 0 aliphatic heterocycles. The minimum atomic E-state index is -0.529. The lowest BCUT2D eigenvalue weighted by molar-refractivity contribution is -0.123. The fourth-order valence-corrected chi connectivity index (χ4v) is 3.07. The Morgan fingerprint density at radius 1 is 0.966 bits per heavy atom. The van der Waals surface area contributed by atoms with E-state index >= 15 is 0 Å². The predicted molar refractivity (Wildman–Crippen MR) is 109 cm³/mol.